The summed E-state index contributed by atoms with van der Waals surface area (Å²) >= 11 is 0. The van der Waals surface area contributed by atoms with Crippen LogP contribution in [0, 0.1) is 12.8 Å². The molecule has 5 nitrogen and oxygen atoms in total. The normalized spacial score (nSPS) is 17.1. The summed E-state index contributed by atoms with van der Waals surface area (Å²) in [5, 5.41) is 2.61. The van der Waals surface area contributed by atoms with Crippen molar-refractivity contribution in [3.63, 3.8) is 0 Å². The van der Waals surface area contributed by atoms with Crippen LogP contribution < -0.4 is 11.1 Å². The van der Waals surface area contributed by atoms with E-state index in [4.69, 9.17) is 5.73 Å². The molecule has 0 saturated heterocycles. The third kappa shape index (κ3) is 11.1. The zero-order chi connectivity index (χ0) is 18.5. The Morgan fingerprint density at radius 2 is 1.88 bits per heavy atom. The van der Waals surface area contributed by atoms with E-state index in [2.05, 4.69) is 24.4 Å². The van der Waals surface area contributed by atoms with Gasteiger partial charge in [0.15, 0.2) is 0 Å². The molecule has 25 heavy (non-hydrogen) atoms. The van der Waals surface area contributed by atoms with E-state index in [1.54, 1.807) is 0 Å². The minimum atomic E-state index is -3.01. The Bertz CT molecular complexity index is 531. The fourth-order valence-electron chi connectivity index (χ4n) is 3.02. The van der Waals surface area contributed by atoms with Crippen LogP contribution >= 0.6 is 7.37 Å². The topological polar surface area (TPSA) is 92.4 Å². The van der Waals surface area contributed by atoms with Gasteiger partial charge in [0, 0.05) is 18.9 Å². The zero-order valence-electron chi connectivity index (χ0n) is 15.3. The van der Waals surface area contributed by atoms with Gasteiger partial charge in [-0.25, -0.2) is 0 Å². The first kappa shape index (κ1) is 21.9. The Balaban J connectivity index is 0.000000370. The third-order valence-corrected chi connectivity index (χ3v) is 6.50. The first-order valence-electron chi connectivity index (χ1n) is 9.22. The van der Waals surface area contributed by atoms with Gasteiger partial charge in [0.1, 0.15) is 0 Å². The molecular weight excluding hydrogens is 335 g/mol. The number of carbonyl (C=O) groups is 1. The molecule has 1 atom stereocenters. The number of rotatable bonds is 7. The van der Waals surface area contributed by atoms with Crippen LogP contribution in [0.25, 0.3) is 0 Å². The molecule has 0 bridgehead atoms. The first-order valence-corrected chi connectivity index (χ1v) is 11.2. The van der Waals surface area contributed by atoms with Crippen molar-refractivity contribution in [1.82, 2.24) is 5.32 Å². The van der Waals surface area contributed by atoms with Crippen LogP contribution in [0.15, 0.2) is 30.3 Å². The van der Waals surface area contributed by atoms with Gasteiger partial charge in [-0.1, -0.05) is 55.2 Å². The summed E-state index contributed by atoms with van der Waals surface area (Å²) in [6.07, 6.45) is 7.13. The van der Waals surface area contributed by atoms with E-state index < -0.39 is 7.37 Å². The Hall–Kier alpha value is -1.16. The van der Waals surface area contributed by atoms with E-state index in [1.165, 1.54) is 24.8 Å². The summed E-state index contributed by atoms with van der Waals surface area (Å²) in [5.41, 5.74) is 6.47. The number of aryl methyl sites for hydroxylation is 1. The summed E-state index contributed by atoms with van der Waals surface area (Å²) in [7, 11) is -3.01. The molecule has 0 heterocycles. The number of amides is 1. The summed E-state index contributed by atoms with van der Waals surface area (Å²) in [4.78, 5) is 20.8. The van der Waals surface area contributed by atoms with Crippen LogP contribution in [-0.4, -0.2) is 36.2 Å². The van der Waals surface area contributed by atoms with Gasteiger partial charge in [-0.15, -0.1) is 0 Å². The van der Waals surface area contributed by atoms with Crippen molar-refractivity contribution < 1.29 is 14.3 Å². The van der Waals surface area contributed by atoms with E-state index in [0.29, 0.717) is 31.2 Å². The van der Waals surface area contributed by atoms with E-state index >= 15 is 0 Å². The molecule has 142 valence electrons. The molecule has 1 saturated carbocycles. The van der Waals surface area contributed by atoms with Crippen LogP contribution in [0.4, 0.5) is 0 Å². The van der Waals surface area contributed by atoms with Crippen molar-refractivity contribution in [2.45, 2.75) is 45.4 Å². The van der Waals surface area contributed by atoms with Gasteiger partial charge in [-0.3, -0.25) is 9.36 Å². The molecule has 0 aromatic heterocycles. The monoisotopic (exact) mass is 368 g/mol. The van der Waals surface area contributed by atoms with Crippen LogP contribution in [-0.2, 0) is 9.36 Å². The van der Waals surface area contributed by atoms with Gasteiger partial charge in [-0.05, 0) is 32.1 Å². The maximum absolute atomic E-state index is 12.0. The molecule has 1 amide bonds. The average Bonchev–Trinajstić information content (AvgIpc) is 2.60. The van der Waals surface area contributed by atoms with E-state index in [1.807, 2.05) is 18.2 Å². The molecule has 2 rings (SSSR count). The molecule has 1 aromatic rings. The number of benzene rings is 1. The molecule has 1 aliphatic carbocycles. The van der Waals surface area contributed by atoms with Gasteiger partial charge in [0.2, 0.25) is 13.3 Å². The highest BCUT2D eigenvalue weighted by molar-refractivity contribution is 7.57. The van der Waals surface area contributed by atoms with E-state index in [9.17, 15) is 14.3 Å². The SMILES string of the molecule is Cc1ccccc1.NCC(=O)NCCCP(=O)(O)CC1CCCCC1. The quantitative estimate of drug-likeness (QED) is 0.509. The highest BCUT2D eigenvalue weighted by Crippen LogP contribution is 2.45. The van der Waals surface area contributed by atoms with Crippen LogP contribution in [0.2, 0.25) is 0 Å². The maximum Gasteiger partial charge on any atom is 0.233 e. The lowest BCUT2D eigenvalue weighted by atomic mass is 9.91. The number of hydrogen-bond donors (Lipinski definition) is 3. The Morgan fingerprint density at radius 1 is 1.24 bits per heavy atom. The van der Waals surface area contributed by atoms with Crippen molar-refractivity contribution in [2.75, 3.05) is 25.4 Å². The first-order chi connectivity index (χ1) is 11.9. The smallest absolute Gasteiger partial charge is 0.233 e. The molecule has 1 fully saturated rings. The van der Waals surface area contributed by atoms with Gasteiger partial charge >= 0.3 is 0 Å². The minimum Gasteiger partial charge on any atom is -0.355 e. The molecule has 1 aromatic carbocycles. The molecule has 0 radical (unpaired) electrons. The molecular formula is C19H33N2O3P. The highest BCUT2D eigenvalue weighted by atomic mass is 31.2. The Labute approximate surface area is 151 Å². The predicted molar refractivity (Wildman–Crippen MR) is 104 cm³/mol. The van der Waals surface area contributed by atoms with Crippen molar-refractivity contribution in [2.24, 2.45) is 11.7 Å². The zero-order valence-corrected chi connectivity index (χ0v) is 16.2. The van der Waals surface area contributed by atoms with Crippen LogP contribution in [0.1, 0.15) is 44.1 Å². The fourth-order valence-corrected chi connectivity index (χ4v) is 5.03. The van der Waals surface area contributed by atoms with Crippen molar-refractivity contribution in [3.8, 4) is 0 Å². The molecule has 6 heteroatoms. The Kier molecular flexibility index (Phi) is 10.7. The standard InChI is InChI=1S/C12H25N2O3P.C7H8/c13-9-12(15)14-7-4-8-18(16,17)10-11-5-2-1-3-6-11;1-7-5-3-2-4-6-7/h11H,1-10,13H2,(H,14,15)(H,16,17);2-6H,1H3. The number of nitrogens with one attached hydrogen (secondary N) is 1. The van der Waals surface area contributed by atoms with Gasteiger partial charge in [0.25, 0.3) is 0 Å². The fraction of sp³-hybridized carbons (Fsp3) is 0.632. The summed E-state index contributed by atoms with van der Waals surface area (Å²) < 4.78 is 12.0. The number of nitrogens with two attached hydrogens (primary N) is 1. The van der Waals surface area contributed by atoms with Crippen molar-refractivity contribution in [3.05, 3.63) is 35.9 Å². The summed E-state index contributed by atoms with van der Waals surface area (Å²) in [5.74, 6) is 0.211. The summed E-state index contributed by atoms with van der Waals surface area (Å²) in [6, 6.07) is 10.3. The predicted octanol–water partition coefficient (Wildman–Crippen LogP) is 3.30. The maximum atomic E-state index is 12.0. The van der Waals surface area contributed by atoms with Crippen molar-refractivity contribution >= 4 is 13.3 Å². The molecule has 1 aliphatic rings. The molecule has 1 unspecified atom stereocenters. The second-order valence-electron chi connectivity index (χ2n) is 6.82. The lowest BCUT2D eigenvalue weighted by Gasteiger charge is -2.24. The van der Waals surface area contributed by atoms with E-state index in [0.717, 1.165) is 12.8 Å². The molecule has 0 aliphatic heterocycles. The van der Waals surface area contributed by atoms with Crippen LogP contribution in [0.5, 0.6) is 0 Å². The lowest BCUT2D eigenvalue weighted by Crippen LogP contribution is -2.31. The second kappa shape index (κ2) is 12.2. The highest BCUT2D eigenvalue weighted by Gasteiger charge is 2.24. The summed E-state index contributed by atoms with van der Waals surface area (Å²) in [6.45, 7) is 2.49. The van der Waals surface area contributed by atoms with Gasteiger partial charge < -0.3 is 15.9 Å². The third-order valence-electron chi connectivity index (χ3n) is 4.40. The van der Waals surface area contributed by atoms with E-state index in [-0.39, 0.29) is 12.5 Å². The molecule has 4 N–H and O–H groups in total. The van der Waals surface area contributed by atoms with Crippen LogP contribution in [0.3, 0.4) is 0 Å². The largest absolute Gasteiger partial charge is 0.355 e. The average molecular weight is 368 g/mol. The molecule has 0 spiro atoms. The van der Waals surface area contributed by atoms with Gasteiger partial charge in [0.05, 0.1) is 6.54 Å². The second-order valence-corrected chi connectivity index (χ2v) is 9.32. The number of carbonyl (C=O) groups excluding carboxylic acids is 1. The Morgan fingerprint density at radius 3 is 2.40 bits per heavy atom. The minimum absolute atomic E-state index is 0.0289. The number of hydrogen-bond acceptors (Lipinski definition) is 3. The lowest BCUT2D eigenvalue weighted by molar-refractivity contribution is -0.119. The van der Waals surface area contributed by atoms with Crippen molar-refractivity contribution in [1.29, 1.82) is 0 Å². The van der Waals surface area contributed by atoms with Gasteiger partial charge in [-0.2, -0.15) is 0 Å².